The SMILES string of the molecule is Cc1ccc(C(=O)NCc2cccnc2)cc1C#Cc1cc(-c2cnn(C)c2)cnc1N. The summed E-state index contributed by atoms with van der Waals surface area (Å²) >= 11 is 0. The second-order valence-corrected chi connectivity index (χ2v) is 7.38. The van der Waals surface area contributed by atoms with Crippen molar-refractivity contribution in [2.45, 2.75) is 13.5 Å². The zero-order chi connectivity index (χ0) is 22.5. The van der Waals surface area contributed by atoms with Gasteiger partial charge in [-0.15, -0.1) is 0 Å². The van der Waals surface area contributed by atoms with Gasteiger partial charge >= 0.3 is 0 Å². The Morgan fingerprint density at radius 2 is 1.94 bits per heavy atom. The molecule has 4 aromatic rings. The Morgan fingerprint density at radius 3 is 2.69 bits per heavy atom. The maximum absolute atomic E-state index is 12.6. The van der Waals surface area contributed by atoms with Crippen molar-refractivity contribution in [3.05, 3.63) is 95.2 Å². The van der Waals surface area contributed by atoms with Crippen LogP contribution in [0.4, 0.5) is 5.82 Å². The van der Waals surface area contributed by atoms with Crippen LogP contribution in [0.1, 0.15) is 32.6 Å². The highest BCUT2D eigenvalue weighted by Gasteiger charge is 2.08. The molecule has 0 unspecified atom stereocenters. The van der Waals surface area contributed by atoms with Crippen LogP contribution in [0.2, 0.25) is 0 Å². The normalized spacial score (nSPS) is 10.3. The number of pyridine rings is 2. The van der Waals surface area contributed by atoms with E-state index < -0.39 is 0 Å². The Hall–Kier alpha value is -4.44. The van der Waals surface area contributed by atoms with Gasteiger partial charge in [-0.3, -0.25) is 14.5 Å². The average Bonchev–Trinajstić information content (AvgIpc) is 3.24. The van der Waals surface area contributed by atoms with Crippen LogP contribution < -0.4 is 11.1 Å². The van der Waals surface area contributed by atoms with Crippen molar-refractivity contribution in [2.75, 3.05) is 5.73 Å². The first-order valence-corrected chi connectivity index (χ1v) is 10.0. The quantitative estimate of drug-likeness (QED) is 0.493. The summed E-state index contributed by atoms with van der Waals surface area (Å²) in [6, 6.07) is 11.1. The van der Waals surface area contributed by atoms with E-state index in [1.54, 1.807) is 41.6 Å². The van der Waals surface area contributed by atoms with Crippen molar-refractivity contribution in [3.63, 3.8) is 0 Å². The molecule has 7 heteroatoms. The predicted molar refractivity (Wildman–Crippen MR) is 123 cm³/mol. The molecule has 0 radical (unpaired) electrons. The van der Waals surface area contributed by atoms with Gasteiger partial charge < -0.3 is 11.1 Å². The second kappa shape index (κ2) is 9.14. The van der Waals surface area contributed by atoms with Crippen LogP contribution in [0.5, 0.6) is 0 Å². The number of amides is 1. The van der Waals surface area contributed by atoms with E-state index in [9.17, 15) is 4.79 Å². The third-order valence-electron chi connectivity index (χ3n) is 4.96. The van der Waals surface area contributed by atoms with Gasteiger partial charge in [0, 0.05) is 60.6 Å². The third-order valence-corrected chi connectivity index (χ3v) is 4.96. The number of hydrogen-bond acceptors (Lipinski definition) is 5. The first-order chi connectivity index (χ1) is 15.5. The van der Waals surface area contributed by atoms with E-state index in [0.29, 0.717) is 23.5 Å². The van der Waals surface area contributed by atoms with Gasteiger partial charge in [0.2, 0.25) is 0 Å². The summed E-state index contributed by atoms with van der Waals surface area (Å²) in [5.74, 6) is 6.43. The minimum atomic E-state index is -0.170. The Kier molecular flexibility index (Phi) is 5.95. The number of rotatable bonds is 4. The monoisotopic (exact) mass is 422 g/mol. The predicted octanol–water partition coefficient (Wildman–Crippen LogP) is 3.10. The van der Waals surface area contributed by atoms with E-state index in [0.717, 1.165) is 27.8 Å². The van der Waals surface area contributed by atoms with Crippen LogP contribution >= 0.6 is 0 Å². The van der Waals surface area contributed by atoms with Gasteiger partial charge in [-0.1, -0.05) is 24.0 Å². The van der Waals surface area contributed by atoms with Crippen molar-refractivity contribution in [1.29, 1.82) is 0 Å². The summed E-state index contributed by atoms with van der Waals surface area (Å²) < 4.78 is 1.73. The molecule has 3 aromatic heterocycles. The molecule has 0 atom stereocenters. The summed E-state index contributed by atoms with van der Waals surface area (Å²) in [6.07, 6.45) is 8.80. The molecule has 0 aliphatic carbocycles. The van der Waals surface area contributed by atoms with Crippen molar-refractivity contribution in [3.8, 4) is 23.0 Å². The number of benzene rings is 1. The van der Waals surface area contributed by atoms with E-state index in [1.165, 1.54) is 0 Å². The molecule has 0 saturated carbocycles. The molecule has 3 N–H and O–H groups in total. The molecular formula is C25H22N6O. The molecule has 0 fully saturated rings. The minimum Gasteiger partial charge on any atom is -0.383 e. The number of nitrogens with one attached hydrogen (secondary N) is 1. The number of nitrogens with two attached hydrogens (primary N) is 1. The number of aromatic nitrogens is 4. The number of hydrogen-bond donors (Lipinski definition) is 2. The molecule has 3 heterocycles. The molecule has 1 aromatic carbocycles. The van der Waals surface area contributed by atoms with Gasteiger partial charge in [-0.2, -0.15) is 5.10 Å². The van der Waals surface area contributed by atoms with Crippen molar-refractivity contribution < 1.29 is 4.79 Å². The van der Waals surface area contributed by atoms with Crippen LogP contribution in [-0.4, -0.2) is 25.7 Å². The van der Waals surface area contributed by atoms with Gasteiger partial charge in [0.1, 0.15) is 5.82 Å². The van der Waals surface area contributed by atoms with E-state index in [-0.39, 0.29) is 5.91 Å². The molecule has 1 amide bonds. The van der Waals surface area contributed by atoms with Crippen LogP contribution in [0, 0.1) is 18.8 Å². The van der Waals surface area contributed by atoms with Crippen LogP contribution in [0.15, 0.2) is 67.4 Å². The Labute approximate surface area is 186 Å². The maximum atomic E-state index is 12.6. The van der Waals surface area contributed by atoms with Crippen LogP contribution in [0.3, 0.4) is 0 Å². The van der Waals surface area contributed by atoms with Gasteiger partial charge in [-0.05, 0) is 42.3 Å². The standard InChI is InChI=1S/C25H22N6O/c1-17-5-6-21(25(32)29-13-18-4-3-9-27-12-18)10-19(17)7-8-20-11-22(14-28-24(20)26)23-15-30-31(2)16-23/h3-6,9-12,14-16H,13H2,1-2H3,(H2,26,28)(H,29,32). The van der Waals surface area contributed by atoms with E-state index in [4.69, 9.17) is 5.73 Å². The lowest BCUT2D eigenvalue weighted by Gasteiger charge is -2.07. The van der Waals surface area contributed by atoms with E-state index in [1.807, 2.05) is 44.4 Å². The average molecular weight is 422 g/mol. The summed E-state index contributed by atoms with van der Waals surface area (Å²) in [5, 5.41) is 7.10. The first kappa shape index (κ1) is 20.8. The lowest BCUT2D eigenvalue weighted by molar-refractivity contribution is 0.0951. The lowest BCUT2D eigenvalue weighted by atomic mass is 10.0. The number of aryl methyl sites for hydroxylation is 2. The highest BCUT2D eigenvalue weighted by atomic mass is 16.1. The highest BCUT2D eigenvalue weighted by molar-refractivity contribution is 5.94. The number of nitrogens with zero attached hydrogens (tertiary/aromatic N) is 4. The molecule has 0 aliphatic heterocycles. The van der Waals surface area contributed by atoms with Crippen molar-refractivity contribution in [2.24, 2.45) is 7.05 Å². The molecular weight excluding hydrogens is 400 g/mol. The fourth-order valence-corrected chi connectivity index (χ4v) is 3.12. The number of nitrogen functional groups attached to an aromatic ring is 1. The lowest BCUT2D eigenvalue weighted by Crippen LogP contribution is -2.22. The molecule has 0 aliphatic rings. The number of anilines is 1. The van der Waals surface area contributed by atoms with E-state index >= 15 is 0 Å². The van der Waals surface area contributed by atoms with Gasteiger partial charge in [0.15, 0.2) is 0 Å². The van der Waals surface area contributed by atoms with Crippen molar-refractivity contribution in [1.82, 2.24) is 25.1 Å². The molecule has 158 valence electrons. The van der Waals surface area contributed by atoms with E-state index in [2.05, 4.69) is 32.2 Å². The smallest absolute Gasteiger partial charge is 0.251 e. The summed E-state index contributed by atoms with van der Waals surface area (Å²) in [4.78, 5) is 20.9. The zero-order valence-corrected chi connectivity index (χ0v) is 17.8. The second-order valence-electron chi connectivity index (χ2n) is 7.38. The molecule has 0 bridgehead atoms. The minimum absolute atomic E-state index is 0.170. The summed E-state index contributed by atoms with van der Waals surface area (Å²) in [6.45, 7) is 2.36. The topological polar surface area (TPSA) is 98.7 Å². The first-order valence-electron chi connectivity index (χ1n) is 10.0. The molecule has 0 saturated heterocycles. The highest BCUT2D eigenvalue weighted by Crippen LogP contribution is 2.21. The summed E-state index contributed by atoms with van der Waals surface area (Å²) in [5.41, 5.74) is 11.7. The fraction of sp³-hybridized carbons (Fsp3) is 0.120. The van der Waals surface area contributed by atoms with Crippen molar-refractivity contribution >= 4 is 11.7 Å². The molecule has 32 heavy (non-hydrogen) atoms. The Balaban J connectivity index is 1.56. The molecule has 7 nitrogen and oxygen atoms in total. The van der Waals surface area contributed by atoms with Gasteiger partial charge in [0.25, 0.3) is 5.91 Å². The van der Waals surface area contributed by atoms with Gasteiger partial charge in [0.05, 0.1) is 11.8 Å². The van der Waals surface area contributed by atoms with Gasteiger partial charge in [-0.25, -0.2) is 4.98 Å². The Bertz CT molecular complexity index is 1330. The third kappa shape index (κ3) is 4.82. The fourth-order valence-electron chi connectivity index (χ4n) is 3.12. The zero-order valence-electron chi connectivity index (χ0n) is 17.8. The maximum Gasteiger partial charge on any atom is 0.251 e. The number of carbonyl (C=O) groups is 1. The molecule has 0 spiro atoms. The van der Waals surface area contributed by atoms with Crippen LogP contribution in [0.25, 0.3) is 11.1 Å². The largest absolute Gasteiger partial charge is 0.383 e. The Morgan fingerprint density at radius 1 is 1.09 bits per heavy atom. The number of carbonyl (C=O) groups excluding carboxylic acids is 1. The van der Waals surface area contributed by atoms with Crippen LogP contribution in [-0.2, 0) is 13.6 Å². The molecule has 4 rings (SSSR count). The summed E-state index contributed by atoms with van der Waals surface area (Å²) in [7, 11) is 1.86.